The number of ether oxygens (including phenoxy) is 1. The molecular formula is C20H29N4O4+. The second-order valence-electron chi connectivity index (χ2n) is 7.35. The molecule has 0 aliphatic carbocycles. The van der Waals surface area contributed by atoms with E-state index in [-0.39, 0.29) is 24.8 Å². The van der Waals surface area contributed by atoms with E-state index in [0.29, 0.717) is 13.1 Å². The third-order valence-electron chi connectivity index (χ3n) is 5.41. The van der Waals surface area contributed by atoms with Crippen LogP contribution in [0, 0.1) is 0 Å². The van der Waals surface area contributed by atoms with Gasteiger partial charge in [0.05, 0.1) is 20.2 Å². The SMILES string of the molecule is COC(=O)C[C@H]1C(=O)NCC[NH+]1CC(=O)Nc1ccc(N2CCCCC2)cc1. The van der Waals surface area contributed by atoms with Gasteiger partial charge in [-0.1, -0.05) is 0 Å². The number of carbonyl (C=O) groups excluding carboxylic acids is 3. The van der Waals surface area contributed by atoms with Gasteiger partial charge in [0.15, 0.2) is 12.6 Å². The van der Waals surface area contributed by atoms with Gasteiger partial charge in [0.2, 0.25) is 0 Å². The number of rotatable bonds is 6. The molecule has 0 saturated carbocycles. The maximum absolute atomic E-state index is 12.5. The van der Waals surface area contributed by atoms with Crippen molar-refractivity contribution in [1.29, 1.82) is 0 Å². The molecule has 0 bridgehead atoms. The van der Waals surface area contributed by atoms with Crippen LogP contribution in [0.4, 0.5) is 11.4 Å². The highest BCUT2D eigenvalue weighted by molar-refractivity contribution is 5.92. The van der Waals surface area contributed by atoms with Gasteiger partial charge in [-0.15, -0.1) is 0 Å². The first kappa shape index (κ1) is 20.1. The van der Waals surface area contributed by atoms with Crippen LogP contribution in [0.15, 0.2) is 24.3 Å². The summed E-state index contributed by atoms with van der Waals surface area (Å²) in [5, 5.41) is 5.64. The van der Waals surface area contributed by atoms with Gasteiger partial charge in [0.25, 0.3) is 11.8 Å². The van der Waals surface area contributed by atoms with Crippen LogP contribution in [-0.2, 0) is 19.1 Å². The van der Waals surface area contributed by atoms with Gasteiger partial charge in [-0.3, -0.25) is 14.4 Å². The molecule has 2 amide bonds. The zero-order valence-electron chi connectivity index (χ0n) is 16.3. The summed E-state index contributed by atoms with van der Waals surface area (Å²) >= 11 is 0. The fourth-order valence-electron chi connectivity index (χ4n) is 3.85. The van der Waals surface area contributed by atoms with Gasteiger partial charge < -0.3 is 25.2 Å². The first-order valence-corrected chi connectivity index (χ1v) is 9.91. The molecule has 1 aromatic carbocycles. The number of esters is 1. The molecule has 0 radical (unpaired) electrons. The lowest BCUT2D eigenvalue weighted by molar-refractivity contribution is -0.909. The van der Waals surface area contributed by atoms with Crippen molar-refractivity contribution in [2.24, 2.45) is 0 Å². The van der Waals surface area contributed by atoms with Gasteiger partial charge >= 0.3 is 5.97 Å². The molecule has 1 unspecified atom stereocenters. The Bertz CT molecular complexity index is 701. The van der Waals surface area contributed by atoms with Gasteiger partial charge in [-0.25, -0.2) is 0 Å². The molecule has 28 heavy (non-hydrogen) atoms. The Balaban J connectivity index is 1.56. The fourth-order valence-corrected chi connectivity index (χ4v) is 3.85. The van der Waals surface area contributed by atoms with Crippen molar-refractivity contribution < 1.29 is 24.0 Å². The Labute approximate surface area is 165 Å². The Kier molecular flexibility index (Phi) is 6.86. The molecule has 2 fully saturated rings. The third kappa shape index (κ3) is 5.22. The predicted molar refractivity (Wildman–Crippen MR) is 105 cm³/mol. The summed E-state index contributed by atoms with van der Waals surface area (Å²) in [4.78, 5) is 39.3. The molecule has 2 heterocycles. The number of carbonyl (C=O) groups is 3. The molecule has 2 saturated heterocycles. The summed E-state index contributed by atoms with van der Waals surface area (Å²) in [6.07, 6.45) is 3.70. The second kappa shape index (κ2) is 9.54. The van der Waals surface area contributed by atoms with Crippen LogP contribution in [0.3, 0.4) is 0 Å². The lowest BCUT2D eigenvalue weighted by atomic mass is 10.1. The number of anilines is 2. The average molecular weight is 389 g/mol. The van der Waals surface area contributed by atoms with Crippen LogP contribution in [0.2, 0.25) is 0 Å². The minimum Gasteiger partial charge on any atom is -0.469 e. The van der Waals surface area contributed by atoms with Crippen molar-refractivity contribution in [2.75, 3.05) is 50.1 Å². The average Bonchev–Trinajstić information content (AvgIpc) is 2.71. The van der Waals surface area contributed by atoms with E-state index in [9.17, 15) is 14.4 Å². The van der Waals surface area contributed by atoms with Crippen LogP contribution < -0.4 is 20.4 Å². The second-order valence-corrected chi connectivity index (χ2v) is 7.35. The van der Waals surface area contributed by atoms with Crippen LogP contribution in [0.25, 0.3) is 0 Å². The van der Waals surface area contributed by atoms with Gasteiger partial charge in [-0.05, 0) is 43.5 Å². The molecule has 3 N–H and O–H groups in total. The Morgan fingerprint density at radius 1 is 1.21 bits per heavy atom. The normalized spacial score (nSPS) is 22.3. The molecule has 3 rings (SSSR count). The summed E-state index contributed by atoms with van der Waals surface area (Å²) in [5.41, 5.74) is 1.91. The topological polar surface area (TPSA) is 92.2 Å². The number of hydrogen-bond donors (Lipinski definition) is 3. The highest BCUT2D eigenvalue weighted by atomic mass is 16.5. The number of nitrogens with zero attached hydrogens (tertiary/aromatic N) is 1. The van der Waals surface area contributed by atoms with Crippen molar-refractivity contribution in [3.8, 4) is 0 Å². The molecule has 2 atom stereocenters. The minimum atomic E-state index is -0.603. The van der Waals surface area contributed by atoms with Gasteiger partial charge in [-0.2, -0.15) is 0 Å². The monoisotopic (exact) mass is 389 g/mol. The van der Waals surface area contributed by atoms with Crippen LogP contribution in [-0.4, -0.2) is 63.7 Å². The molecule has 2 aliphatic rings. The maximum Gasteiger partial charge on any atom is 0.312 e. The zero-order chi connectivity index (χ0) is 19.9. The summed E-state index contributed by atoms with van der Waals surface area (Å²) in [5.74, 6) is -0.844. The van der Waals surface area contributed by atoms with Crippen LogP contribution in [0.5, 0.6) is 0 Å². The Morgan fingerprint density at radius 3 is 2.61 bits per heavy atom. The van der Waals surface area contributed by atoms with E-state index in [1.54, 1.807) is 0 Å². The molecule has 8 nitrogen and oxygen atoms in total. The lowest BCUT2D eigenvalue weighted by Gasteiger charge is -2.31. The first-order valence-electron chi connectivity index (χ1n) is 9.91. The van der Waals surface area contributed by atoms with Crippen molar-refractivity contribution in [1.82, 2.24) is 5.32 Å². The number of piperazine rings is 1. The third-order valence-corrected chi connectivity index (χ3v) is 5.41. The first-order chi connectivity index (χ1) is 13.6. The molecular weight excluding hydrogens is 360 g/mol. The number of piperidine rings is 1. The summed E-state index contributed by atoms with van der Waals surface area (Å²) in [7, 11) is 1.29. The molecule has 152 valence electrons. The van der Waals surface area contributed by atoms with Gasteiger partial charge in [0.1, 0.15) is 6.42 Å². The lowest BCUT2D eigenvalue weighted by Crippen LogP contribution is -3.20. The number of amides is 2. The largest absolute Gasteiger partial charge is 0.469 e. The van der Waals surface area contributed by atoms with E-state index in [1.807, 2.05) is 24.3 Å². The van der Waals surface area contributed by atoms with Crippen molar-refractivity contribution >= 4 is 29.2 Å². The fraction of sp³-hybridized carbons (Fsp3) is 0.550. The molecule has 8 heteroatoms. The molecule has 1 aromatic rings. The number of hydrogen-bond acceptors (Lipinski definition) is 5. The van der Waals surface area contributed by atoms with Crippen molar-refractivity contribution in [3.63, 3.8) is 0 Å². The standard InChI is InChI=1S/C20H28N4O4/c1-28-19(26)13-17-20(27)21-9-12-24(17)14-18(25)22-15-5-7-16(8-6-15)23-10-3-2-4-11-23/h5-8,17H,2-4,9-14H2,1H3,(H,21,27)(H,22,25)/p+1/t17-/m0/s1. The maximum atomic E-state index is 12.5. The van der Waals surface area contributed by atoms with Gasteiger partial charge in [0, 0.05) is 24.5 Å². The summed E-state index contributed by atoms with van der Waals surface area (Å²) in [6.45, 7) is 3.36. The number of nitrogens with one attached hydrogen (secondary N) is 3. The van der Waals surface area contributed by atoms with E-state index in [4.69, 9.17) is 0 Å². The van der Waals surface area contributed by atoms with Crippen molar-refractivity contribution in [2.45, 2.75) is 31.7 Å². The van der Waals surface area contributed by atoms with E-state index in [0.717, 1.165) is 23.7 Å². The van der Waals surface area contributed by atoms with Crippen molar-refractivity contribution in [3.05, 3.63) is 24.3 Å². The van der Waals surface area contributed by atoms with Crippen LogP contribution >= 0.6 is 0 Å². The Hall–Kier alpha value is -2.61. The van der Waals surface area contributed by atoms with E-state index in [1.165, 1.54) is 32.1 Å². The molecule has 2 aliphatic heterocycles. The molecule has 0 aromatic heterocycles. The number of methoxy groups -OCH3 is 1. The highest BCUT2D eigenvalue weighted by Gasteiger charge is 2.36. The number of quaternary nitrogens is 1. The number of benzene rings is 1. The predicted octanol–water partition coefficient (Wildman–Crippen LogP) is -0.438. The van der Waals surface area contributed by atoms with E-state index >= 15 is 0 Å². The van der Waals surface area contributed by atoms with Crippen LogP contribution in [0.1, 0.15) is 25.7 Å². The minimum absolute atomic E-state index is 0.0323. The quantitative estimate of drug-likeness (QED) is 0.574. The summed E-state index contributed by atoms with van der Waals surface area (Å²) < 4.78 is 4.67. The van der Waals surface area contributed by atoms with E-state index < -0.39 is 12.0 Å². The smallest absolute Gasteiger partial charge is 0.312 e. The highest BCUT2D eigenvalue weighted by Crippen LogP contribution is 2.21. The molecule has 0 spiro atoms. The van der Waals surface area contributed by atoms with E-state index in [2.05, 4.69) is 20.3 Å². The zero-order valence-corrected chi connectivity index (χ0v) is 16.3. The summed E-state index contributed by atoms with van der Waals surface area (Å²) in [6, 6.07) is 7.27. The Morgan fingerprint density at radius 2 is 1.93 bits per heavy atom.